The van der Waals surface area contributed by atoms with Crippen molar-refractivity contribution in [3.05, 3.63) is 0 Å². The molecule has 0 saturated carbocycles. The van der Waals surface area contributed by atoms with Gasteiger partial charge in [-0.05, 0) is 53.9 Å². The molecule has 23 unspecified atom stereocenters. The number of carbonyl (C=O) groups is 3. The van der Waals surface area contributed by atoms with E-state index in [9.17, 15) is 55.2 Å². The molecule has 0 amide bonds. The van der Waals surface area contributed by atoms with Gasteiger partial charge in [-0.1, -0.05) is 51.9 Å². The lowest BCUT2D eigenvalue weighted by atomic mass is 9.96. The van der Waals surface area contributed by atoms with Crippen molar-refractivity contribution in [3.63, 3.8) is 0 Å². The normalized spacial score (nSPS) is 44.4. The van der Waals surface area contributed by atoms with Crippen molar-refractivity contribution in [2.45, 2.75) is 254 Å². The van der Waals surface area contributed by atoms with Crippen molar-refractivity contribution in [1.29, 1.82) is 0 Å². The van der Waals surface area contributed by atoms with Crippen molar-refractivity contribution in [2.75, 3.05) is 6.61 Å². The van der Waals surface area contributed by atoms with Gasteiger partial charge in [-0.25, -0.2) is 0 Å². The van der Waals surface area contributed by atoms with E-state index in [4.69, 9.17) is 52.1 Å². The summed E-state index contributed by atoms with van der Waals surface area (Å²) in [6, 6.07) is 0. The van der Waals surface area contributed by atoms with Gasteiger partial charge in [0.2, 0.25) is 0 Å². The van der Waals surface area contributed by atoms with Crippen LogP contribution in [0.5, 0.6) is 0 Å². The number of rotatable bonds is 8. The van der Waals surface area contributed by atoms with E-state index in [0.29, 0.717) is 19.3 Å². The highest BCUT2D eigenvalue weighted by molar-refractivity contribution is 5.73. The molecule has 2 bridgehead atoms. The first-order valence-corrected chi connectivity index (χ1v) is 23.9. The van der Waals surface area contributed by atoms with E-state index in [1.54, 1.807) is 6.92 Å². The first kappa shape index (κ1) is 55.7. The van der Waals surface area contributed by atoms with Crippen molar-refractivity contribution in [3.8, 4) is 0 Å². The van der Waals surface area contributed by atoms with Gasteiger partial charge in [-0.15, -0.1) is 0 Å². The van der Waals surface area contributed by atoms with Crippen molar-refractivity contribution in [1.82, 2.24) is 0 Å². The second-order valence-electron chi connectivity index (χ2n) is 18.7. The fourth-order valence-electron chi connectivity index (χ4n) is 8.87. The number of aliphatic hydroxyl groups excluding tert-OH is 8. The molecule has 23 atom stereocenters. The summed E-state index contributed by atoms with van der Waals surface area (Å²) in [7, 11) is 0. The zero-order valence-electron chi connectivity index (χ0n) is 39.6. The van der Waals surface area contributed by atoms with E-state index in [1.165, 1.54) is 27.7 Å². The average Bonchev–Trinajstić information content (AvgIpc) is 3.27. The van der Waals surface area contributed by atoms with Gasteiger partial charge in [-0.2, -0.15) is 0 Å². The monoisotopic (exact) mass is 968 g/mol. The maximum Gasteiger partial charge on any atom is 0.311 e. The fraction of sp³-hybridized carbons (Fsp3) is 0.933. The lowest BCUT2D eigenvalue weighted by Gasteiger charge is -2.49. The summed E-state index contributed by atoms with van der Waals surface area (Å²) in [5.74, 6) is -3.39. The summed E-state index contributed by atoms with van der Waals surface area (Å²) in [4.78, 5) is 38.3. The topological polar surface area (TPSA) is 315 Å². The minimum absolute atomic E-state index is 0.0180. The highest BCUT2D eigenvalue weighted by Crippen LogP contribution is 2.36. The summed E-state index contributed by atoms with van der Waals surface area (Å²) in [5.41, 5.74) is 0. The molecule has 5 saturated heterocycles. The summed E-state index contributed by atoms with van der Waals surface area (Å²) in [6.07, 6.45) is -25.0. The predicted octanol–water partition coefficient (Wildman–Crippen LogP) is -0.259. The van der Waals surface area contributed by atoms with E-state index in [1.807, 2.05) is 6.92 Å². The quantitative estimate of drug-likeness (QED) is 0.115. The van der Waals surface area contributed by atoms with Crippen LogP contribution in [-0.2, 0) is 66.5 Å². The maximum atomic E-state index is 13.4. The summed E-state index contributed by atoms with van der Waals surface area (Å²) in [6.45, 7) is 9.71. The number of carbonyl (C=O) groups excluding carboxylic acids is 3. The van der Waals surface area contributed by atoms with Crippen molar-refractivity contribution in [2.24, 2.45) is 5.92 Å². The number of fused-ring (bicyclic) bond motifs is 4. The van der Waals surface area contributed by atoms with Crippen LogP contribution in [-0.4, -0.2) is 200 Å². The largest absolute Gasteiger partial charge is 0.457 e. The Balaban J connectivity index is 1.50. The molecule has 0 radical (unpaired) electrons. The first-order valence-electron chi connectivity index (χ1n) is 23.9. The Hall–Kier alpha value is -2.23. The molecule has 5 aliphatic heterocycles. The minimum Gasteiger partial charge on any atom is -0.457 e. The standard InChI is InChI=1S/C45H76O22/c1-8-16-26-17-14-12-10-9-11-13-15-18-28(48)64-40-37(65-41(56)20(2)21(3)46)30(50)23(5)58-43(40)57-19-27-31(51)33(53)39(66-42-35(55)34(54)36(24(6)60-42)61-25(7)47)45(63-27)67-38-32(52)29(49)22(4)59-44(38)62-26/h20-24,26-27,29-40,42-46,49-55H,8-19H2,1-7H3. The summed E-state index contributed by atoms with van der Waals surface area (Å²) in [5, 5.41) is 89.7. The van der Waals surface area contributed by atoms with Crippen molar-refractivity contribution < 1.29 is 107 Å². The molecule has 22 heteroatoms. The minimum atomic E-state index is -1.98. The number of aliphatic hydroxyl groups is 8. The zero-order chi connectivity index (χ0) is 49.3. The van der Waals surface area contributed by atoms with Crippen LogP contribution < -0.4 is 0 Å². The smallest absolute Gasteiger partial charge is 0.311 e. The van der Waals surface area contributed by atoms with Gasteiger partial charge in [0.1, 0.15) is 61.0 Å². The molecular weight excluding hydrogens is 892 g/mol. The average molecular weight is 969 g/mol. The Labute approximate surface area is 391 Å². The van der Waals surface area contributed by atoms with Gasteiger partial charge < -0.3 is 93.0 Å². The molecule has 388 valence electrons. The van der Waals surface area contributed by atoms with Gasteiger partial charge in [-0.3, -0.25) is 14.4 Å². The van der Waals surface area contributed by atoms with E-state index in [-0.39, 0.29) is 12.5 Å². The molecule has 0 aromatic heterocycles. The Morgan fingerprint density at radius 3 is 1.93 bits per heavy atom. The third-order valence-electron chi connectivity index (χ3n) is 13.2. The molecule has 0 aromatic rings. The molecule has 8 N–H and O–H groups in total. The Bertz CT molecular complexity index is 1540. The van der Waals surface area contributed by atoms with Crippen LogP contribution in [0.15, 0.2) is 0 Å². The Morgan fingerprint density at radius 1 is 0.642 bits per heavy atom. The first-order chi connectivity index (χ1) is 31.7. The van der Waals surface area contributed by atoms with Crippen LogP contribution in [0.25, 0.3) is 0 Å². The SMILES string of the molecule is CCCC1CCCCCCCCCC(=O)OC2C(OCC3OC(OC4C(O1)OC(C)C(O)C4O)C(OC1OC(C)C(OC(C)=O)C(O)C1O)C(O)C3O)OC(C)C(O)C2OC(=O)C(C)C(C)O. The van der Waals surface area contributed by atoms with Crippen LogP contribution >= 0.6 is 0 Å². The molecule has 5 fully saturated rings. The van der Waals surface area contributed by atoms with Crippen LogP contribution in [0, 0.1) is 5.92 Å². The molecule has 0 aromatic carbocycles. The third kappa shape index (κ3) is 14.4. The second kappa shape index (κ2) is 25.8. The zero-order valence-corrected chi connectivity index (χ0v) is 39.6. The number of hydrogen-bond acceptors (Lipinski definition) is 22. The van der Waals surface area contributed by atoms with Gasteiger partial charge in [0, 0.05) is 13.3 Å². The maximum absolute atomic E-state index is 13.4. The number of hydrogen-bond donors (Lipinski definition) is 8. The van der Waals surface area contributed by atoms with E-state index in [0.717, 1.165) is 51.9 Å². The van der Waals surface area contributed by atoms with Crippen molar-refractivity contribution >= 4 is 17.9 Å². The van der Waals surface area contributed by atoms with E-state index in [2.05, 4.69) is 0 Å². The van der Waals surface area contributed by atoms with E-state index < -0.39 is 159 Å². The molecule has 0 spiro atoms. The molecule has 5 aliphatic rings. The molecule has 5 rings (SSSR count). The molecular formula is C45H76O22. The Morgan fingerprint density at radius 2 is 1.27 bits per heavy atom. The third-order valence-corrected chi connectivity index (χ3v) is 13.2. The fourth-order valence-corrected chi connectivity index (χ4v) is 8.87. The highest BCUT2D eigenvalue weighted by atomic mass is 16.8. The van der Waals surface area contributed by atoms with Gasteiger partial charge in [0.15, 0.2) is 43.5 Å². The Kier molecular flexibility index (Phi) is 21.4. The molecule has 5 heterocycles. The summed E-state index contributed by atoms with van der Waals surface area (Å²) < 4.78 is 65.9. The lowest BCUT2D eigenvalue weighted by molar-refractivity contribution is -0.396. The molecule has 0 aliphatic carbocycles. The van der Waals surface area contributed by atoms with Gasteiger partial charge in [0.05, 0.1) is 43.0 Å². The van der Waals surface area contributed by atoms with Crippen LogP contribution in [0.1, 0.15) is 119 Å². The molecule has 22 nitrogen and oxygen atoms in total. The number of esters is 3. The summed E-state index contributed by atoms with van der Waals surface area (Å²) >= 11 is 0. The highest BCUT2D eigenvalue weighted by Gasteiger charge is 2.56. The van der Waals surface area contributed by atoms with Crippen LogP contribution in [0.2, 0.25) is 0 Å². The predicted molar refractivity (Wildman–Crippen MR) is 227 cm³/mol. The molecule has 67 heavy (non-hydrogen) atoms. The van der Waals surface area contributed by atoms with E-state index >= 15 is 0 Å². The van der Waals surface area contributed by atoms with Gasteiger partial charge in [0.25, 0.3) is 0 Å². The van der Waals surface area contributed by atoms with Gasteiger partial charge >= 0.3 is 17.9 Å². The lowest BCUT2D eigenvalue weighted by Crippen LogP contribution is -2.67. The second-order valence-corrected chi connectivity index (χ2v) is 18.7. The van der Waals surface area contributed by atoms with Crippen LogP contribution in [0.3, 0.4) is 0 Å². The van der Waals surface area contributed by atoms with Crippen LogP contribution in [0.4, 0.5) is 0 Å². The number of ether oxygens (including phenoxy) is 11.